The summed E-state index contributed by atoms with van der Waals surface area (Å²) in [4.78, 5) is 11.7. The van der Waals surface area contributed by atoms with Crippen molar-refractivity contribution in [1.82, 2.24) is 0 Å². The van der Waals surface area contributed by atoms with Gasteiger partial charge in [0, 0.05) is 11.5 Å². The molecule has 1 aliphatic rings. The monoisotopic (exact) mass is 323 g/mol. The second-order valence-electron chi connectivity index (χ2n) is 7.46. The Hall–Kier alpha value is -2.29. The number of hydrogen-bond donors (Lipinski definition) is 1. The van der Waals surface area contributed by atoms with Crippen molar-refractivity contribution in [2.45, 2.75) is 39.5 Å². The average Bonchev–Trinajstić information content (AvgIpc) is 3.09. The molecule has 3 nitrogen and oxygen atoms in total. The van der Waals surface area contributed by atoms with Crippen molar-refractivity contribution in [3.05, 3.63) is 64.2 Å². The highest BCUT2D eigenvalue weighted by molar-refractivity contribution is 5.94. The maximum Gasteiger partial charge on any atom is 0.248 e. The van der Waals surface area contributed by atoms with E-state index in [1.54, 1.807) is 7.11 Å². The van der Waals surface area contributed by atoms with E-state index in [0.717, 1.165) is 16.9 Å². The van der Waals surface area contributed by atoms with E-state index < -0.39 is 0 Å². The molecule has 0 bridgehead atoms. The minimum absolute atomic E-state index is 0.118. The molecular formula is C21H25NO2. The van der Waals surface area contributed by atoms with E-state index in [1.165, 1.54) is 11.1 Å². The summed E-state index contributed by atoms with van der Waals surface area (Å²) in [5.41, 5.74) is 10.8. The average molecular weight is 323 g/mol. The molecule has 0 saturated heterocycles. The van der Waals surface area contributed by atoms with Crippen LogP contribution in [0.4, 0.5) is 0 Å². The fourth-order valence-electron chi connectivity index (χ4n) is 4.00. The Morgan fingerprint density at radius 1 is 1.08 bits per heavy atom. The lowest BCUT2D eigenvalue weighted by molar-refractivity contribution is 0.0999. The van der Waals surface area contributed by atoms with Crippen LogP contribution in [0.15, 0.2) is 36.4 Å². The van der Waals surface area contributed by atoms with Gasteiger partial charge in [-0.3, -0.25) is 4.79 Å². The molecule has 2 aromatic carbocycles. The number of carbonyl (C=O) groups excluding carboxylic acids is 1. The van der Waals surface area contributed by atoms with E-state index >= 15 is 0 Å². The summed E-state index contributed by atoms with van der Waals surface area (Å²) in [7, 11) is 1.68. The van der Waals surface area contributed by atoms with Crippen LogP contribution in [0.25, 0.3) is 0 Å². The molecule has 1 amide bonds. The number of nitrogens with two attached hydrogens (primary N) is 1. The number of benzene rings is 2. The van der Waals surface area contributed by atoms with Gasteiger partial charge in [0.2, 0.25) is 5.91 Å². The smallest absolute Gasteiger partial charge is 0.248 e. The summed E-state index contributed by atoms with van der Waals surface area (Å²) in [5.74, 6) is 1.18. The third-order valence-corrected chi connectivity index (χ3v) is 5.44. The molecule has 2 unspecified atom stereocenters. The predicted molar refractivity (Wildman–Crippen MR) is 96.7 cm³/mol. The van der Waals surface area contributed by atoms with Gasteiger partial charge in [-0.25, -0.2) is 0 Å². The van der Waals surface area contributed by atoms with Crippen LogP contribution in [0.5, 0.6) is 5.75 Å². The Labute approximate surface area is 143 Å². The quantitative estimate of drug-likeness (QED) is 0.911. The number of primary amides is 1. The van der Waals surface area contributed by atoms with Crippen molar-refractivity contribution in [2.24, 2.45) is 11.1 Å². The molecule has 3 rings (SSSR count). The molecule has 1 saturated carbocycles. The molecule has 0 heterocycles. The largest absolute Gasteiger partial charge is 0.496 e. The molecule has 0 radical (unpaired) electrons. The lowest BCUT2D eigenvalue weighted by atomic mass is 9.96. The Balaban J connectivity index is 2.06. The van der Waals surface area contributed by atoms with E-state index in [2.05, 4.69) is 45.0 Å². The van der Waals surface area contributed by atoms with Gasteiger partial charge in [-0.05, 0) is 54.0 Å². The van der Waals surface area contributed by atoms with Crippen LogP contribution in [0.1, 0.15) is 58.3 Å². The first-order valence-corrected chi connectivity index (χ1v) is 8.32. The maximum atomic E-state index is 11.7. The summed E-state index contributed by atoms with van der Waals surface area (Å²) in [6.45, 7) is 8.53. The van der Waals surface area contributed by atoms with E-state index in [4.69, 9.17) is 10.5 Å². The molecule has 0 spiro atoms. The number of amides is 1. The van der Waals surface area contributed by atoms with E-state index in [-0.39, 0.29) is 11.3 Å². The fraction of sp³-hybridized carbons (Fsp3) is 0.381. The molecule has 0 aliphatic heterocycles. The minimum Gasteiger partial charge on any atom is -0.496 e. The first-order chi connectivity index (χ1) is 11.3. The lowest BCUT2D eigenvalue weighted by Crippen LogP contribution is -2.13. The van der Waals surface area contributed by atoms with Gasteiger partial charge in [-0.2, -0.15) is 0 Å². The topological polar surface area (TPSA) is 52.3 Å². The Kier molecular flexibility index (Phi) is 3.90. The highest BCUT2D eigenvalue weighted by Crippen LogP contribution is 2.71. The highest BCUT2D eigenvalue weighted by Gasteiger charge is 2.59. The van der Waals surface area contributed by atoms with E-state index in [1.807, 2.05) is 19.1 Å². The molecule has 126 valence electrons. The van der Waals surface area contributed by atoms with Crippen LogP contribution in [-0.2, 0) is 0 Å². The molecule has 2 atom stereocenters. The lowest BCUT2D eigenvalue weighted by Gasteiger charge is -2.13. The number of ether oxygens (including phenoxy) is 1. The normalized spacial score (nSPS) is 21.4. The fourth-order valence-corrected chi connectivity index (χ4v) is 4.00. The SMILES string of the molecule is COc1cc(C)c(C(N)=O)cc1C1C(c2ccc(C)cc2)C1(C)C. The van der Waals surface area contributed by atoms with Gasteiger partial charge in [0.05, 0.1) is 7.11 Å². The van der Waals surface area contributed by atoms with E-state index in [0.29, 0.717) is 17.4 Å². The molecule has 2 aromatic rings. The summed E-state index contributed by atoms with van der Waals surface area (Å²) >= 11 is 0. The van der Waals surface area contributed by atoms with Crippen LogP contribution < -0.4 is 10.5 Å². The minimum atomic E-state index is -0.387. The number of aryl methyl sites for hydroxylation is 2. The third-order valence-electron chi connectivity index (χ3n) is 5.44. The Morgan fingerprint density at radius 2 is 1.71 bits per heavy atom. The molecule has 3 heteroatoms. The Morgan fingerprint density at radius 3 is 2.25 bits per heavy atom. The summed E-state index contributed by atoms with van der Waals surface area (Å²) in [6, 6.07) is 12.6. The van der Waals surface area contributed by atoms with Crippen molar-refractivity contribution in [2.75, 3.05) is 7.11 Å². The predicted octanol–water partition coefficient (Wildman–Crippen LogP) is 4.32. The zero-order chi connectivity index (χ0) is 17.6. The van der Waals surface area contributed by atoms with Gasteiger partial charge in [-0.1, -0.05) is 43.7 Å². The van der Waals surface area contributed by atoms with Crippen molar-refractivity contribution in [1.29, 1.82) is 0 Å². The van der Waals surface area contributed by atoms with Crippen LogP contribution in [0.2, 0.25) is 0 Å². The van der Waals surface area contributed by atoms with Gasteiger partial charge < -0.3 is 10.5 Å². The standard InChI is InChI=1S/C21H25NO2/c1-12-6-8-14(9-7-12)18-19(21(18,3)4)16-11-15(20(22)23)13(2)10-17(16)24-5/h6-11,18-19H,1-5H3,(H2,22,23). The highest BCUT2D eigenvalue weighted by atomic mass is 16.5. The van der Waals surface area contributed by atoms with Gasteiger partial charge in [0.25, 0.3) is 0 Å². The van der Waals surface area contributed by atoms with Crippen molar-refractivity contribution in [3.8, 4) is 5.75 Å². The van der Waals surface area contributed by atoms with Gasteiger partial charge in [0.15, 0.2) is 0 Å². The number of carbonyl (C=O) groups is 1. The first-order valence-electron chi connectivity index (χ1n) is 8.32. The van der Waals surface area contributed by atoms with Crippen LogP contribution in [-0.4, -0.2) is 13.0 Å². The Bertz CT molecular complexity index is 790. The second-order valence-corrected chi connectivity index (χ2v) is 7.46. The summed E-state index contributed by atoms with van der Waals surface area (Å²) < 4.78 is 5.61. The third kappa shape index (κ3) is 2.58. The van der Waals surface area contributed by atoms with Crippen molar-refractivity contribution >= 4 is 5.91 Å². The van der Waals surface area contributed by atoms with Gasteiger partial charge >= 0.3 is 0 Å². The van der Waals surface area contributed by atoms with E-state index in [9.17, 15) is 4.79 Å². The maximum absolute atomic E-state index is 11.7. The summed E-state index contributed by atoms with van der Waals surface area (Å²) in [5, 5.41) is 0. The zero-order valence-corrected chi connectivity index (χ0v) is 15.0. The first kappa shape index (κ1) is 16.6. The second kappa shape index (κ2) is 5.66. The van der Waals surface area contributed by atoms with Gasteiger partial charge in [0.1, 0.15) is 5.75 Å². The molecule has 2 N–H and O–H groups in total. The van der Waals surface area contributed by atoms with Crippen molar-refractivity contribution in [3.63, 3.8) is 0 Å². The molecular weight excluding hydrogens is 298 g/mol. The van der Waals surface area contributed by atoms with Crippen molar-refractivity contribution < 1.29 is 9.53 Å². The van der Waals surface area contributed by atoms with Gasteiger partial charge in [-0.15, -0.1) is 0 Å². The van der Waals surface area contributed by atoms with Crippen LogP contribution in [0, 0.1) is 19.3 Å². The zero-order valence-electron chi connectivity index (χ0n) is 15.0. The molecule has 1 aliphatic carbocycles. The number of hydrogen-bond acceptors (Lipinski definition) is 2. The number of methoxy groups -OCH3 is 1. The molecule has 0 aromatic heterocycles. The number of rotatable bonds is 4. The molecule has 24 heavy (non-hydrogen) atoms. The summed E-state index contributed by atoms with van der Waals surface area (Å²) in [6.07, 6.45) is 0. The van der Waals surface area contributed by atoms with Crippen LogP contribution in [0.3, 0.4) is 0 Å². The van der Waals surface area contributed by atoms with Crippen LogP contribution >= 0.6 is 0 Å². The molecule has 1 fully saturated rings.